The monoisotopic (exact) mass is 230 g/mol. The minimum Gasteiger partial charge on any atom is -0.476 e. The lowest BCUT2D eigenvalue weighted by atomic mass is 10.2. The number of H-pyrrole nitrogens is 1. The molecule has 0 bridgehead atoms. The number of carbonyl (C=O) groups is 1. The summed E-state index contributed by atoms with van der Waals surface area (Å²) in [6, 6.07) is 3.45. The van der Waals surface area contributed by atoms with E-state index in [-0.39, 0.29) is 5.69 Å². The highest BCUT2D eigenvalue weighted by Crippen LogP contribution is 2.15. The van der Waals surface area contributed by atoms with Gasteiger partial charge in [-0.25, -0.2) is 9.78 Å². The predicted octanol–water partition coefficient (Wildman–Crippen LogP) is 0.213. The fraction of sp³-hybridized carbons (Fsp3) is 0. The molecule has 84 valence electrons. The molecule has 0 amide bonds. The van der Waals surface area contributed by atoms with Crippen LogP contribution in [0.3, 0.4) is 0 Å². The first-order valence-corrected chi connectivity index (χ1v) is 4.70. The number of hydrogen-bond donors (Lipinski definition) is 2. The molecule has 3 heterocycles. The van der Waals surface area contributed by atoms with Gasteiger partial charge in [0.1, 0.15) is 5.65 Å². The Hall–Kier alpha value is -2.77. The Morgan fingerprint density at radius 3 is 3.06 bits per heavy atom. The van der Waals surface area contributed by atoms with E-state index in [4.69, 9.17) is 5.11 Å². The van der Waals surface area contributed by atoms with E-state index in [1.807, 2.05) is 0 Å². The smallest absolute Gasteiger partial charge is 0.356 e. The summed E-state index contributed by atoms with van der Waals surface area (Å²) < 4.78 is 1.62. The zero-order valence-electron chi connectivity index (χ0n) is 8.40. The molecule has 0 atom stereocenters. The molecule has 0 unspecified atom stereocenters. The maximum absolute atomic E-state index is 10.8. The van der Waals surface area contributed by atoms with Gasteiger partial charge in [-0.05, 0) is 17.3 Å². The van der Waals surface area contributed by atoms with Crippen molar-refractivity contribution in [2.24, 2.45) is 0 Å². The van der Waals surface area contributed by atoms with E-state index in [1.165, 1.54) is 6.20 Å². The van der Waals surface area contributed by atoms with Crippen LogP contribution in [0.2, 0.25) is 0 Å². The molecular formula is C9H6N6O2. The fourth-order valence-electron chi connectivity index (χ4n) is 1.51. The van der Waals surface area contributed by atoms with E-state index in [2.05, 4.69) is 25.6 Å². The molecule has 8 nitrogen and oxygen atoms in total. The van der Waals surface area contributed by atoms with Crippen molar-refractivity contribution in [1.82, 2.24) is 30.0 Å². The summed E-state index contributed by atoms with van der Waals surface area (Å²) in [6.45, 7) is 0. The third kappa shape index (κ3) is 1.51. The largest absolute Gasteiger partial charge is 0.476 e. The minimum atomic E-state index is -1.06. The normalized spacial score (nSPS) is 10.8. The molecule has 0 aliphatic carbocycles. The number of rotatable bonds is 2. The Balaban J connectivity index is 2.16. The maximum Gasteiger partial charge on any atom is 0.356 e. The summed E-state index contributed by atoms with van der Waals surface area (Å²) in [5.41, 5.74) is 1.23. The average molecular weight is 230 g/mol. The zero-order valence-corrected chi connectivity index (χ0v) is 8.40. The highest BCUT2D eigenvalue weighted by molar-refractivity contribution is 5.86. The van der Waals surface area contributed by atoms with Crippen LogP contribution in [0.1, 0.15) is 10.5 Å². The topological polar surface area (TPSA) is 109 Å². The van der Waals surface area contributed by atoms with E-state index < -0.39 is 5.97 Å². The van der Waals surface area contributed by atoms with Gasteiger partial charge in [-0.2, -0.15) is 5.21 Å². The molecule has 8 heteroatoms. The van der Waals surface area contributed by atoms with E-state index in [1.54, 1.807) is 22.7 Å². The van der Waals surface area contributed by atoms with Crippen molar-refractivity contribution in [3.63, 3.8) is 0 Å². The van der Waals surface area contributed by atoms with Crippen molar-refractivity contribution in [3.05, 3.63) is 30.2 Å². The second kappa shape index (κ2) is 3.37. The lowest BCUT2D eigenvalue weighted by Crippen LogP contribution is -1.94. The maximum atomic E-state index is 10.8. The van der Waals surface area contributed by atoms with Crippen molar-refractivity contribution in [2.75, 3.05) is 0 Å². The van der Waals surface area contributed by atoms with Crippen molar-refractivity contribution >= 4 is 11.6 Å². The van der Waals surface area contributed by atoms with Crippen LogP contribution < -0.4 is 0 Å². The SMILES string of the molecule is O=C(O)c1cn2ccc(-c3nn[nH]n3)cc2n1. The molecule has 0 radical (unpaired) electrons. The number of hydrogen-bond acceptors (Lipinski definition) is 5. The number of carboxylic acid groups (broad SMARTS) is 1. The number of tetrazole rings is 1. The second-order valence-electron chi connectivity index (χ2n) is 3.35. The lowest BCUT2D eigenvalue weighted by molar-refractivity contribution is 0.0691. The highest BCUT2D eigenvalue weighted by Gasteiger charge is 2.10. The van der Waals surface area contributed by atoms with Gasteiger partial charge in [0.25, 0.3) is 0 Å². The quantitative estimate of drug-likeness (QED) is 0.651. The van der Waals surface area contributed by atoms with Gasteiger partial charge in [0.15, 0.2) is 5.69 Å². The fourth-order valence-corrected chi connectivity index (χ4v) is 1.51. The van der Waals surface area contributed by atoms with Crippen LogP contribution in [-0.2, 0) is 0 Å². The molecular weight excluding hydrogens is 224 g/mol. The Kier molecular flexibility index (Phi) is 1.87. The van der Waals surface area contributed by atoms with Crippen molar-refractivity contribution in [2.45, 2.75) is 0 Å². The minimum absolute atomic E-state index is 0.00439. The van der Waals surface area contributed by atoms with Gasteiger partial charge >= 0.3 is 5.97 Å². The third-order valence-corrected chi connectivity index (χ3v) is 2.28. The average Bonchev–Trinajstić information content (AvgIpc) is 2.97. The van der Waals surface area contributed by atoms with E-state index >= 15 is 0 Å². The van der Waals surface area contributed by atoms with Crippen LogP contribution >= 0.6 is 0 Å². The molecule has 2 N–H and O–H groups in total. The van der Waals surface area contributed by atoms with Crippen LogP contribution in [0, 0.1) is 0 Å². The third-order valence-electron chi connectivity index (χ3n) is 2.28. The Bertz CT molecular complexity index is 687. The summed E-state index contributed by atoms with van der Waals surface area (Å²) in [6.07, 6.45) is 3.14. The van der Waals surface area contributed by atoms with Crippen LogP contribution in [-0.4, -0.2) is 41.1 Å². The molecule has 0 aromatic carbocycles. The molecule has 17 heavy (non-hydrogen) atoms. The van der Waals surface area contributed by atoms with Crippen LogP contribution in [0.5, 0.6) is 0 Å². The first-order chi connectivity index (χ1) is 8.24. The Morgan fingerprint density at radius 1 is 1.47 bits per heavy atom. The van der Waals surface area contributed by atoms with E-state index in [0.717, 1.165) is 0 Å². The Morgan fingerprint density at radius 2 is 2.35 bits per heavy atom. The number of pyridine rings is 1. The van der Waals surface area contributed by atoms with Crippen molar-refractivity contribution < 1.29 is 9.90 Å². The summed E-state index contributed by atoms with van der Waals surface area (Å²) in [7, 11) is 0. The Labute approximate surface area is 93.9 Å². The standard InChI is InChI=1S/C9H6N6O2/c16-9(17)6-4-15-2-1-5(3-7(15)10-6)8-11-13-14-12-8/h1-4H,(H,16,17)(H,11,12,13,14). The van der Waals surface area contributed by atoms with Crippen LogP contribution in [0.25, 0.3) is 17.0 Å². The molecule has 0 saturated carbocycles. The van der Waals surface area contributed by atoms with E-state index in [9.17, 15) is 4.79 Å². The van der Waals surface area contributed by atoms with Gasteiger partial charge in [-0.1, -0.05) is 0 Å². The molecule has 0 spiro atoms. The number of aromatic carboxylic acids is 1. The molecule has 3 rings (SSSR count). The highest BCUT2D eigenvalue weighted by atomic mass is 16.4. The summed E-state index contributed by atoms with van der Waals surface area (Å²) in [5, 5.41) is 22.3. The first-order valence-electron chi connectivity index (χ1n) is 4.70. The van der Waals surface area contributed by atoms with Crippen molar-refractivity contribution in [1.29, 1.82) is 0 Å². The number of aromatic nitrogens is 6. The van der Waals surface area contributed by atoms with Gasteiger partial charge in [0.05, 0.1) is 0 Å². The number of carboxylic acids is 1. The molecule has 0 aliphatic heterocycles. The molecule has 0 fully saturated rings. The molecule has 3 aromatic heterocycles. The number of aromatic amines is 1. The number of fused-ring (bicyclic) bond motifs is 1. The van der Waals surface area contributed by atoms with Crippen LogP contribution in [0.15, 0.2) is 24.5 Å². The second-order valence-corrected chi connectivity index (χ2v) is 3.35. The van der Waals surface area contributed by atoms with Gasteiger partial charge in [-0.3, -0.25) is 0 Å². The summed E-state index contributed by atoms with van der Waals surface area (Å²) in [5.74, 6) is -0.623. The lowest BCUT2D eigenvalue weighted by Gasteiger charge is -1.95. The number of imidazole rings is 1. The molecule has 0 saturated heterocycles. The van der Waals surface area contributed by atoms with Gasteiger partial charge in [0, 0.05) is 18.0 Å². The van der Waals surface area contributed by atoms with Gasteiger partial charge in [-0.15, -0.1) is 10.2 Å². The van der Waals surface area contributed by atoms with Crippen molar-refractivity contribution in [3.8, 4) is 11.4 Å². The van der Waals surface area contributed by atoms with Gasteiger partial charge < -0.3 is 9.51 Å². The number of nitrogens with zero attached hydrogens (tertiary/aromatic N) is 5. The first kappa shape index (κ1) is 9.46. The predicted molar refractivity (Wildman–Crippen MR) is 55.3 cm³/mol. The number of nitrogens with one attached hydrogen (secondary N) is 1. The molecule has 3 aromatic rings. The zero-order chi connectivity index (χ0) is 11.8. The van der Waals surface area contributed by atoms with Gasteiger partial charge in [0.2, 0.25) is 5.82 Å². The van der Waals surface area contributed by atoms with Crippen LogP contribution in [0.4, 0.5) is 0 Å². The summed E-state index contributed by atoms with van der Waals surface area (Å²) >= 11 is 0. The summed E-state index contributed by atoms with van der Waals surface area (Å²) in [4.78, 5) is 14.7. The molecule has 0 aliphatic rings. The van der Waals surface area contributed by atoms with E-state index in [0.29, 0.717) is 17.0 Å².